The highest BCUT2D eigenvalue weighted by Gasteiger charge is 2.33. The number of aromatic nitrogens is 6. The lowest BCUT2D eigenvalue weighted by atomic mass is 9.93. The number of thiazole rings is 1. The van der Waals surface area contributed by atoms with Crippen molar-refractivity contribution in [3.63, 3.8) is 0 Å². The molecule has 2 aliphatic rings. The topological polar surface area (TPSA) is 135 Å². The van der Waals surface area contributed by atoms with Gasteiger partial charge in [-0.05, 0) is 51.7 Å². The second kappa shape index (κ2) is 12.2. The molecule has 4 aromatic heterocycles. The van der Waals surface area contributed by atoms with E-state index in [1.165, 1.54) is 11.3 Å². The molecule has 1 aliphatic carbocycles. The van der Waals surface area contributed by atoms with E-state index >= 15 is 0 Å². The maximum absolute atomic E-state index is 14.8. The molecular formula is C28H29F2N7O5S. The summed E-state index contributed by atoms with van der Waals surface area (Å²) in [6.07, 6.45) is 6.84. The van der Waals surface area contributed by atoms with Crippen LogP contribution in [0.4, 0.5) is 19.3 Å². The molecule has 1 N–H and O–H groups in total. The number of pyridine rings is 1. The van der Waals surface area contributed by atoms with Crippen LogP contribution >= 0.6 is 11.3 Å². The third-order valence-corrected chi connectivity index (χ3v) is 8.37. The second-order valence-corrected chi connectivity index (χ2v) is 11.3. The SMILES string of the molecule is CCOC1CCC(n2cc(NC(=O)c3csc(-c4cnn(C[C@H]5OC(=O)O[C@@H]5C)c4)n3)c(-c3nc(F)ccc3F)n2)CC1. The van der Waals surface area contributed by atoms with E-state index in [0.717, 1.165) is 37.8 Å². The van der Waals surface area contributed by atoms with Crippen molar-refractivity contribution in [1.29, 1.82) is 0 Å². The Bertz CT molecular complexity index is 1630. The van der Waals surface area contributed by atoms with Gasteiger partial charge in [-0.25, -0.2) is 19.2 Å². The van der Waals surface area contributed by atoms with Gasteiger partial charge in [0.1, 0.15) is 28.2 Å². The standard InChI is InChI=1S/C28H29F2N7O5S/c1-3-40-18-6-4-17(5-7-18)37-12-20(25(35-37)24-19(29)8-9-23(30)34-24)32-26(38)21-14-43-27(33-21)16-10-31-36(11-16)13-22-15(2)41-28(39)42-22/h8-12,14-15,17-18,22H,3-7,13H2,1-2H3,(H,32,38)/t15-,17?,18?,22-/m1/s1. The molecule has 5 heterocycles. The summed E-state index contributed by atoms with van der Waals surface area (Å²) in [5, 5.41) is 13.8. The molecule has 0 aromatic carbocycles. The van der Waals surface area contributed by atoms with Gasteiger partial charge in [-0.2, -0.15) is 14.6 Å². The summed E-state index contributed by atoms with van der Waals surface area (Å²) >= 11 is 1.25. The number of nitrogens with zero attached hydrogens (tertiary/aromatic N) is 6. The summed E-state index contributed by atoms with van der Waals surface area (Å²) in [5.41, 5.74) is 0.724. The first kappa shape index (κ1) is 28.9. The zero-order valence-electron chi connectivity index (χ0n) is 23.4. The van der Waals surface area contributed by atoms with Crippen molar-refractivity contribution in [3.05, 3.63) is 53.6 Å². The Kier molecular flexibility index (Phi) is 8.17. The maximum Gasteiger partial charge on any atom is 0.509 e. The highest BCUT2D eigenvalue weighted by atomic mass is 32.1. The van der Waals surface area contributed by atoms with E-state index in [1.807, 2.05) is 6.92 Å². The van der Waals surface area contributed by atoms with Gasteiger partial charge in [-0.15, -0.1) is 11.3 Å². The van der Waals surface area contributed by atoms with Gasteiger partial charge in [0.2, 0.25) is 5.95 Å². The number of nitrogens with one attached hydrogen (secondary N) is 1. The van der Waals surface area contributed by atoms with Crippen molar-refractivity contribution in [2.24, 2.45) is 0 Å². The van der Waals surface area contributed by atoms with Gasteiger partial charge in [-0.1, -0.05) is 0 Å². The fourth-order valence-corrected chi connectivity index (χ4v) is 6.03. The molecule has 0 unspecified atom stereocenters. The van der Waals surface area contributed by atoms with Crippen molar-refractivity contribution >= 4 is 29.1 Å². The van der Waals surface area contributed by atoms with Crippen LogP contribution in [-0.2, 0) is 20.8 Å². The van der Waals surface area contributed by atoms with Crippen LogP contribution in [-0.4, -0.2) is 66.5 Å². The monoisotopic (exact) mass is 613 g/mol. The second-order valence-electron chi connectivity index (χ2n) is 10.4. The number of cyclic esters (lactones) is 2. The average Bonchev–Trinajstić information content (AvgIpc) is 3.78. The molecule has 226 valence electrons. The van der Waals surface area contributed by atoms with E-state index in [4.69, 9.17) is 14.2 Å². The highest BCUT2D eigenvalue weighted by molar-refractivity contribution is 7.13. The minimum absolute atomic E-state index is 0.00226. The molecule has 1 saturated carbocycles. The summed E-state index contributed by atoms with van der Waals surface area (Å²) in [6, 6.07) is 1.91. The van der Waals surface area contributed by atoms with Crippen LogP contribution in [0.25, 0.3) is 22.0 Å². The van der Waals surface area contributed by atoms with Crippen molar-refractivity contribution < 1.29 is 32.6 Å². The summed E-state index contributed by atoms with van der Waals surface area (Å²) in [5.74, 6) is -2.17. The zero-order chi connectivity index (χ0) is 30.1. The molecule has 0 bridgehead atoms. The molecular weight excluding hydrogens is 584 g/mol. The zero-order valence-corrected chi connectivity index (χ0v) is 24.2. The first-order chi connectivity index (χ1) is 20.8. The van der Waals surface area contributed by atoms with Gasteiger partial charge >= 0.3 is 6.16 Å². The molecule has 1 aliphatic heterocycles. The summed E-state index contributed by atoms with van der Waals surface area (Å²) in [6.45, 7) is 4.66. The van der Waals surface area contributed by atoms with E-state index in [-0.39, 0.29) is 34.9 Å². The number of carbonyl (C=O) groups excluding carboxylic acids is 2. The van der Waals surface area contributed by atoms with E-state index in [9.17, 15) is 18.4 Å². The minimum Gasteiger partial charge on any atom is -0.427 e. The molecule has 12 nitrogen and oxygen atoms in total. The number of carbonyl (C=O) groups is 2. The van der Waals surface area contributed by atoms with Crippen LogP contribution in [0.2, 0.25) is 0 Å². The largest absolute Gasteiger partial charge is 0.509 e. The average molecular weight is 614 g/mol. The third-order valence-electron chi connectivity index (χ3n) is 7.47. The number of amides is 1. The molecule has 0 radical (unpaired) electrons. The van der Waals surface area contributed by atoms with Gasteiger partial charge in [0.25, 0.3) is 5.91 Å². The number of ether oxygens (including phenoxy) is 3. The van der Waals surface area contributed by atoms with Crippen LogP contribution in [0.15, 0.2) is 36.1 Å². The fourth-order valence-electron chi connectivity index (χ4n) is 5.26. The van der Waals surface area contributed by atoms with Crippen LogP contribution in [0.5, 0.6) is 0 Å². The Morgan fingerprint density at radius 3 is 2.70 bits per heavy atom. The predicted molar refractivity (Wildman–Crippen MR) is 150 cm³/mol. The molecule has 4 aromatic rings. The smallest absolute Gasteiger partial charge is 0.427 e. The molecule has 43 heavy (non-hydrogen) atoms. The number of anilines is 1. The van der Waals surface area contributed by atoms with E-state index < -0.39 is 36.0 Å². The lowest BCUT2D eigenvalue weighted by Crippen LogP contribution is -2.25. The van der Waals surface area contributed by atoms with Crippen molar-refractivity contribution in [2.75, 3.05) is 11.9 Å². The van der Waals surface area contributed by atoms with Gasteiger partial charge in [0.15, 0.2) is 11.9 Å². The summed E-state index contributed by atoms with van der Waals surface area (Å²) in [4.78, 5) is 32.8. The predicted octanol–water partition coefficient (Wildman–Crippen LogP) is 5.24. The first-order valence-electron chi connectivity index (χ1n) is 14.0. The van der Waals surface area contributed by atoms with Crippen LogP contribution in [0.1, 0.15) is 56.1 Å². The molecule has 1 saturated heterocycles. The minimum atomic E-state index is -0.863. The van der Waals surface area contributed by atoms with Gasteiger partial charge in [0.05, 0.1) is 30.6 Å². The van der Waals surface area contributed by atoms with Gasteiger partial charge in [0, 0.05) is 29.9 Å². The van der Waals surface area contributed by atoms with Crippen LogP contribution < -0.4 is 5.32 Å². The number of rotatable bonds is 9. The lowest BCUT2D eigenvalue weighted by molar-refractivity contribution is 0.0260. The maximum atomic E-state index is 14.8. The van der Waals surface area contributed by atoms with E-state index in [2.05, 4.69) is 25.5 Å². The van der Waals surface area contributed by atoms with Crippen LogP contribution in [0.3, 0.4) is 0 Å². The first-order valence-corrected chi connectivity index (χ1v) is 14.9. The van der Waals surface area contributed by atoms with Crippen molar-refractivity contribution in [1.82, 2.24) is 29.5 Å². The fraction of sp³-hybridized carbons (Fsp3) is 0.429. The Balaban J connectivity index is 1.20. The van der Waals surface area contributed by atoms with Gasteiger partial charge in [-0.3, -0.25) is 14.2 Å². The lowest BCUT2D eigenvalue weighted by Gasteiger charge is -2.28. The Morgan fingerprint density at radius 2 is 1.95 bits per heavy atom. The number of halogens is 2. The molecule has 1 amide bonds. The van der Waals surface area contributed by atoms with E-state index in [0.29, 0.717) is 23.7 Å². The molecule has 15 heteroatoms. The molecule has 2 atom stereocenters. The Labute approximate surface area is 249 Å². The summed E-state index contributed by atoms with van der Waals surface area (Å²) in [7, 11) is 0. The third kappa shape index (κ3) is 6.27. The van der Waals surface area contributed by atoms with Crippen molar-refractivity contribution in [3.8, 4) is 22.0 Å². The van der Waals surface area contributed by atoms with Crippen LogP contribution in [0, 0.1) is 11.8 Å². The number of hydrogen-bond donors (Lipinski definition) is 1. The Hall–Kier alpha value is -4.24. The van der Waals surface area contributed by atoms with Gasteiger partial charge < -0.3 is 19.5 Å². The highest BCUT2D eigenvalue weighted by Crippen LogP contribution is 2.35. The van der Waals surface area contributed by atoms with Crippen molar-refractivity contribution in [2.45, 2.75) is 70.4 Å². The van der Waals surface area contributed by atoms with E-state index in [1.54, 1.807) is 40.3 Å². The molecule has 6 rings (SSSR count). The quantitative estimate of drug-likeness (QED) is 0.199. The summed E-state index contributed by atoms with van der Waals surface area (Å²) < 4.78 is 48.0. The molecule has 2 fully saturated rings. The Morgan fingerprint density at radius 1 is 1.14 bits per heavy atom. The molecule has 0 spiro atoms. The normalized spacial score (nSPS) is 21.9. The number of hydrogen-bond acceptors (Lipinski definition) is 10.